The standard InChI is InChI=1S/C26H29N3O3/c1-31-24-13-20-23(14-25(24)32-2)27-15-18(26(20)30)9-12-29-10-7-17(8-11-29)21-16-28-22-6-4-3-5-19(21)22/h3-6,13-18,28H,7-12H2,1-2H3. The van der Waals surface area contributed by atoms with Gasteiger partial charge >= 0.3 is 0 Å². The molecule has 1 saturated heterocycles. The fourth-order valence-corrected chi connectivity index (χ4v) is 5.04. The van der Waals surface area contributed by atoms with Crippen LogP contribution in [0.15, 0.2) is 47.6 Å². The average molecular weight is 432 g/mol. The van der Waals surface area contributed by atoms with Crippen LogP contribution in [0.5, 0.6) is 11.5 Å². The molecule has 0 amide bonds. The number of piperidine rings is 1. The number of ether oxygens (including phenoxy) is 2. The van der Waals surface area contributed by atoms with Crippen LogP contribution >= 0.6 is 0 Å². The molecule has 166 valence electrons. The van der Waals surface area contributed by atoms with Gasteiger partial charge in [0.15, 0.2) is 17.3 Å². The zero-order valence-corrected chi connectivity index (χ0v) is 18.6. The Morgan fingerprint density at radius 3 is 2.62 bits per heavy atom. The molecule has 0 radical (unpaired) electrons. The molecule has 0 bridgehead atoms. The van der Waals surface area contributed by atoms with Gasteiger partial charge in [-0.05, 0) is 62.5 Å². The first-order valence-electron chi connectivity index (χ1n) is 11.3. The third-order valence-corrected chi connectivity index (χ3v) is 6.90. The highest BCUT2D eigenvalue weighted by molar-refractivity contribution is 6.12. The number of rotatable bonds is 6. The van der Waals surface area contributed by atoms with E-state index in [4.69, 9.17) is 9.47 Å². The molecule has 0 aliphatic carbocycles. The number of nitrogens with one attached hydrogen (secondary N) is 1. The lowest BCUT2D eigenvalue weighted by atomic mass is 9.88. The maximum absolute atomic E-state index is 13.1. The van der Waals surface area contributed by atoms with Crippen molar-refractivity contribution in [2.75, 3.05) is 33.9 Å². The molecule has 1 atom stereocenters. The van der Waals surface area contributed by atoms with Crippen molar-refractivity contribution < 1.29 is 14.3 Å². The first kappa shape index (κ1) is 20.8. The number of carbonyl (C=O) groups is 1. The molecule has 3 aromatic rings. The van der Waals surface area contributed by atoms with E-state index < -0.39 is 0 Å². The summed E-state index contributed by atoms with van der Waals surface area (Å²) in [5.74, 6) is 1.67. The zero-order chi connectivity index (χ0) is 22.1. The molecule has 6 nitrogen and oxygen atoms in total. The van der Waals surface area contributed by atoms with E-state index in [-0.39, 0.29) is 11.7 Å². The number of ketones is 1. The Morgan fingerprint density at radius 2 is 1.84 bits per heavy atom. The van der Waals surface area contributed by atoms with Gasteiger partial charge < -0.3 is 19.4 Å². The molecule has 1 N–H and O–H groups in total. The number of aromatic nitrogens is 1. The number of methoxy groups -OCH3 is 2. The maximum atomic E-state index is 13.1. The quantitative estimate of drug-likeness (QED) is 0.598. The third kappa shape index (κ3) is 3.79. The van der Waals surface area contributed by atoms with Crippen LogP contribution in [0.3, 0.4) is 0 Å². The van der Waals surface area contributed by atoms with E-state index in [1.165, 1.54) is 16.5 Å². The van der Waals surface area contributed by atoms with Gasteiger partial charge in [0.25, 0.3) is 0 Å². The topological polar surface area (TPSA) is 66.9 Å². The van der Waals surface area contributed by atoms with Crippen molar-refractivity contribution in [3.8, 4) is 11.5 Å². The Labute approximate surface area is 188 Å². The van der Waals surface area contributed by atoms with Crippen molar-refractivity contribution in [3.05, 3.63) is 53.7 Å². The second-order valence-electron chi connectivity index (χ2n) is 8.67. The van der Waals surface area contributed by atoms with Gasteiger partial charge in [0.05, 0.1) is 25.8 Å². The minimum Gasteiger partial charge on any atom is -0.493 e. The molecule has 1 unspecified atom stereocenters. The molecular formula is C26H29N3O3. The Hall–Kier alpha value is -3.12. The predicted octanol–water partition coefficient (Wildman–Crippen LogP) is 4.97. The van der Waals surface area contributed by atoms with E-state index in [2.05, 4.69) is 45.3 Å². The average Bonchev–Trinajstić information content (AvgIpc) is 3.27. The summed E-state index contributed by atoms with van der Waals surface area (Å²) in [6, 6.07) is 12.1. The normalized spacial score (nSPS) is 19.3. The largest absolute Gasteiger partial charge is 0.493 e. The van der Waals surface area contributed by atoms with E-state index >= 15 is 0 Å². The minimum atomic E-state index is -0.188. The second kappa shape index (κ2) is 8.79. The number of aromatic amines is 1. The number of H-pyrrole nitrogens is 1. The molecule has 2 aliphatic rings. The zero-order valence-electron chi connectivity index (χ0n) is 18.6. The number of nitrogens with zero attached hydrogens (tertiary/aromatic N) is 2. The lowest BCUT2D eigenvalue weighted by molar-refractivity contribution is 0.0939. The Bertz CT molecular complexity index is 1160. The van der Waals surface area contributed by atoms with Crippen LogP contribution in [0.2, 0.25) is 0 Å². The number of Topliss-reactive ketones (excluding diaryl/α,β-unsaturated/α-hetero) is 1. The monoisotopic (exact) mass is 431 g/mol. The lowest BCUT2D eigenvalue weighted by Gasteiger charge is -2.32. The van der Waals surface area contributed by atoms with Gasteiger partial charge in [0.1, 0.15) is 0 Å². The van der Waals surface area contributed by atoms with Crippen LogP contribution in [0.4, 0.5) is 5.69 Å². The number of aliphatic imine (C=N–C) groups is 1. The molecule has 0 saturated carbocycles. The third-order valence-electron chi connectivity index (χ3n) is 6.90. The van der Waals surface area contributed by atoms with Gasteiger partial charge in [-0.3, -0.25) is 9.79 Å². The molecule has 5 rings (SSSR count). The van der Waals surface area contributed by atoms with Gasteiger partial charge in [0, 0.05) is 34.9 Å². The van der Waals surface area contributed by atoms with E-state index in [1.807, 2.05) is 0 Å². The summed E-state index contributed by atoms with van der Waals surface area (Å²) in [6.07, 6.45) is 7.06. The molecule has 32 heavy (non-hydrogen) atoms. The van der Waals surface area contributed by atoms with Gasteiger partial charge in [-0.15, -0.1) is 0 Å². The molecule has 2 aromatic carbocycles. The molecule has 0 spiro atoms. The van der Waals surface area contributed by atoms with E-state index in [0.717, 1.165) is 38.9 Å². The van der Waals surface area contributed by atoms with Crippen LogP contribution in [0.25, 0.3) is 10.9 Å². The first-order valence-corrected chi connectivity index (χ1v) is 11.3. The highest BCUT2D eigenvalue weighted by Crippen LogP contribution is 2.38. The van der Waals surface area contributed by atoms with Gasteiger partial charge in [-0.2, -0.15) is 0 Å². The number of likely N-dealkylation sites (tertiary alicyclic amines) is 1. The summed E-state index contributed by atoms with van der Waals surface area (Å²) in [5.41, 5.74) is 3.93. The SMILES string of the molecule is COc1cc2c(cc1OC)C(=O)C(CCN1CCC(c3c[nH]c4ccccc34)CC1)C=N2. The second-order valence-corrected chi connectivity index (χ2v) is 8.67. The molecule has 1 fully saturated rings. The first-order chi connectivity index (χ1) is 15.7. The summed E-state index contributed by atoms with van der Waals surface area (Å²) < 4.78 is 10.7. The Kier molecular flexibility index (Phi) is 5.70. The fourth-order valence-electron chi connectivity index (χ4n) is 5.04. The summed E-state index contributed by atoms with van der Waals surface area (Å²) >= 11 is 0. The summed E-state index contributed by atoms with van der Waals surface area (Å²) in [6.45, 7) is 3.03. The summed E-state index contributed by atoms with van der Waals surface area (Å²) in [4.78, 5) is 23.5. The predicted molar refractivity (Wildman–Crippen MR) is 127 cm³/mol. The smallest absolute Gasteiger partial charge is 0.173 e. The molecule has 1 aromatic heterocycles. The number of carbonyl (C=O) groups excluding carboxylic acids is 1. The number of fused-ring (bicyclic) bond motifs is 2. The lowest BCUT2D eigenvalue weighted by Crippen LogP contribution is -2.35. The highest BCUT2D eigenvalue weighted by atomic mass is 16.5. The van der Waals surface area contributed by atoms with E-state index in [0.29, 0.717) is 28.7 Å². The van der Waals surface area contributed by atoms with Gasteiger partial charge in [-0.25, -0.2) is 0 Å². The summed E-state index contributed by atoms with van der Waals surface area (Å²) in [7, 11) is 3.17. The van der Waals surface area contributed by atoms with Crippen LogP contribution in [0.1, 0.15) is 41.1 Å². The minimum absolute atomic E-state index is 0.115. The van der Waals surface area contributed by atoms with Crippen LogP contribution in [-0.2, 0) is 0 Å². The maximum Gasteiger partial charge on any atom is 0.173 e. The van der Waals surface area contributed by atoms with Crippen LogP contribution in [0, 0.1) is 5.92 Å². The Balaban J connectivity index is 1.19. The van der Waals surface area contributed by atoms with Crippen molar-refractivity contribution in [3.63, 3.8) is 0 Å². The van der Waals surface area contributed by atoms with E-state index in [1.54, 1.807) is 32.6 Å². The van der Waals surface area contributed by atoms with Crippen molar-refractivity contribution in [2.24, 2.45) is 10.9 Å². The van der Waals surface area contributed by atoms with Gasteiger partial charge in [0.2, 0.25) is 0 Å². The number of para-hydroxylation sites is 1. The molecular weight excluding hydrogens is 402 g/mol. The fraction of sp³-hybridized carbons (Fsp3) is 0.385. The van der Waals surface area contributed by atoms with Crippen LogP contribution < -0.4 is 9.47 Å². The molecule has 2 aliphatic heterocycles. The number of hydrogen-bond donors (Lipinski definition) is 1. The number of hydrogen-bond acceptors (Lipinski definition) is 5. The highest BCUT2D eigenvalue weighted by Gasteiger charge is 2.28. The van der Waals surface area contributed by atoms with Crippen molar-refractivity contribution in [2.45, 2.75) is 25.2 Å². The Morgan fingerprint density at radius 1 is 1.09 bits per heavy atom. The van der Waals surface area contributed by atoms with Crippen molar-refractivity contribution in [1.29, 1.82) is 0 Å². The molecule has 6 heteroatoms. The summed E-state index contributed by atoms with van der Waals surface area (Å²) in [5, 5.41) is 1.35. The van der Waals surface area contributed by atoms with Crippen molar-refractivity contribution in [1.82, 2.24) is 9.88 Å². The number of benzene rings is 2. The van der Waals surface area contributed by atoms with Crippen molar-refractivity contribution >= 4 is 28.6 Å². The van der Waals surface area contributed by atoms with E-state index in [9.17, 15) is 4.79 Å². The van der Waals surface area contributed by atoms with Gasteiger partial charge in [-0.1, -0.05) is 18.2 Å². The van der Waals surface area contributed by atoms with Crippen LogP contribution in [-0.4, -0.2) is 55.7 Å². The molecule has 3 heterocycles.